The highest BCUT2D eigenvalue weighted by Gasteiger charge is 2.20. The summed E-state index contributed by atoms with van der Waals surface area (Å²) in [7, 11) is 3.14. The Morgan fingerprint density at radius 3 is 2.39 bits per heavy atom. The molecule has 0 atom stereocenters. The van der Waals surface area contributed by atoms with Gasteiger partial charge in [-0.3, -0.25) is 4.79 Å². The summed E-state index contributed by atoms with van der Waals surface area (Å²) < 4.78 is 23.1. The number of fused-ring (bicyclic) bond motifs is 1. The minimum absolute atomic E-state index is 0.173. The minimum Gasteiger partial charge on any atom is -0.493 e. The van der Waals surface area contributed by atoms with Crippen LogP contribution in [0.15, 0.2) is 69.9 Å². The Morgan fingerprint density at radius 1 is 0.871 bits per heavy atom. The summed E-state index contributed by atoms with van der Waals surface area (Å²) in [5.74, 6) is 1.66. The lowest BCUT2D eigenvalue weighted by Gasteiger charge is -2.14. The number of benzene rings is 3. The molecule has 5 heteroatoms. The van der Waals surface area contributed by atoms with Gasteiger partial charge in [-0.1, -0.05) is 30.3 Å². The summed E-state index contributed by atoms with van der Waals surface area (Å²) in [6.07, 6.45) is 0. The van der Waals surface area contributed by atoms with Crippen LogP contribution in [0.2, 0.25) is 0 Å². The highest BCUT2D eigenvalue weighted by molar-refractivity contribution is 5.83. The molecule has 0 fully saturated rings. The van der Waals surface area contributed by atoms with E-state index in [9.17, 15) is 4.79 Å². The van der Waals surface area contributed by atoms with E-state index in [0.717, 1.165) is 16.7 Å². The zero-order valence-corrected chi connectivity index (χ0v) is 18.0. The van der Waals surface area contributed by atoms with Crippen molar-refractivity contribution < 1.29 is 18.6 Å². The Labute approximate surface area is 180 Å². The van der Waals surface area contributed by atoms with Crippen LogP contribution < -0.4 is 19.6 Å². The maximum Gasteiger partial charge on any atom is 0.235 e. The molecule has 0 spiro atoms. The van der Waals surface area contributed by atoms with Gasteiger partial charge in [-0.25, -0.2) is 0 Å². The van der Waals surface area contributed by atoms with Crippen LogP contribution in [0.3, 0.4) is 0 Å². The lowest BCUT2D eigenvalue weighted by molar-refractivity contribution is 0.297. The fourth-order valence-corrected chi connectivity index (χ4v) is 3.50. The predicted molar refractivity (Wildman–Crippen MR) is 121 cm³/mol. The number of aryl methyl sites for hydroxylation is 2. The summed E-state index contributed by atoms with van der Waals surface area (Å²) in [5, 5.41) is 0.481. The van der Waals surface area contributed by atoms with Crippen molar-refractivity contribution in [3.05, 3.63) is 87.6 Å². The molecule has 0 amide bonds. The fraction of sp³-hybridized carbons (Fsp3) is 0.192. The maximum atomic E-state index is 13.4. The maximum absolute atomic E-state index is 13.4. The molecule has 0 unspecified atom stereocenters. The van der Waals surface area contributed by atoms with E-state index in [1.807, 2.05) is 56.3 Å². The second-order valence-corrected chi connectivity index (χ2v) is 7.37. The normalized spacial score (nSPS) is 10.8. The molecule has 1 heterocycles. The van der Waals surface area contributed by atoms with E-state index in [1.165, 1.54) is 0 Å². The second-order valence-electron chi connectivity index (χ2n) is 7.37. The Bertz CT molecular complexity index is 1300. The summed E-state index contributed by atoms with van der Waals surface area (Å²) in [4.78, 5) is 13.4. The fourth-order valence-electron chi connectivity index (χ4n) is 3.50. The highest BCUT2D eigenvalue weighted by Crippen LogP contribution is 2.37. The number of methoxy groups -OCH3 is 2. The third-order valence-corrected chi connectivity index (χ3v) is 5.29. The number of ether oxygens (including phenoxy) is 3. The Kier molecular flexibility index (Phi) is 5.67. The molecular formula is C26H24O5. The quantitative estimate of drug-likeness (QED) is 0.405. The number of hydrogen-bond acceptors (Lipinski definition) is 5. The van der Waals surface area contributed by atoms with E-state index in [2.05, 4.69) is 0 Å². The van der Waals surface area contributed by atoms with E-state index in [1.54, 1.807) is 32.4 Å². The molecule has 0 radical (unpaired) electrons. The van der Waals surface area contributed by atoms with Gasteiger partial charge in [0.1, 0.15) is 12.2 Å². The average Bonchev–Trinajstić information content (AvgIpc) is 2.78. The Morgan fingerprint density at radius 2 is 1.65 bits per heavy atom. The molecule has 5 nitrogen and oxygen atoms in total. The van der Waals surface area contributed by atoms with Gasteiger partial charge in [0.05, 0.1) is 19.6 Å². The Balaban J connectivity index is 1.89. The molecule has 0 aliphatic heterocycles. The molecule has 0 N–H and O–H groups in total. The van der Waals surface area contributed by atoms with Crippen molar-refractivity contribution in [3.63, 3.8) is 0 Å². The summed E-state index contributed by atoms with van der Waals surface area (Å²) >= 11 is 0. The molecule has 4 rings (SSSR count). The van der Waals surface area contributed by atoms with Gasteiger partial charge in [0.25, 0.3) is 0 Å². The van der Waals surface area contributed by atoms with Gasteiger partial charge in [0, 0.05) is 5.56 Å². The average molecular weight is 416 g/mol. The zero-order chi connectivity index (χ0) is 22.0. The van der Waals surface area contributed by atoms with E-state index in [4.69, 9.17) is 18.6 Å². The van der Waals surface area contributed by atoms with Gasteiger partial charge < -0.3 is 18.6 Å². The first-order chi connectivity index (χ1) is 15.0. The summed E-state index contributed by atoms with van der Waals surface area (Å²) in [5.41, 5.74) is 4.07. The molecule has 0 bridgehead atoms. The number of hydrogen-bond donors (Lipinski definition) is 0. The minimum atomic E-state index is -0.209. The van der Waals surface area contributed by atoms with Gasteiger partial charge in [-0.15, -0.1) is 0 Å². The van der Waals surface area contributed by atoms with Crippen molar-refractivity contribution in [2.24, 2.45) is 0 Å². The molecule has 4 aromatic rings. The molecule has 158 valence electrons. The molecule has 3 aromatic carbocycles. The van der Waals surface area contributed by atoms with E-state index in [0.29, 0.717) is 33.8 Å². The molecule has 0 aliphatic carbocycles. The van der Waals surface area contributed by atoms with Crippen LogP contribution >= 0.6 is 0 Å². The molecular weight excluding hydrogens is 392 g/mol. The third kappa shape index (κ3) is 3.99. The van der Waals surface area contributed by atoms with Crippen molar-refractivity contribution in [2.45, 2.75) is 20.5 Å². The second kappa shape index (κ2) is 8.56. The van der Waals surface area contributed by atoms with Crippen molar-refractivity contribution in [2.75, 3.05) is 14.2 Å². The highest BCUT2D eigenvalue weighted by atomic mass is 16.5. The van der Waals surface area contributed by atoms with Gasteiger partial charge in [0.2, 0.25) is 11.2 Å². The zero-order valence-electron chi connectivity index (χ0n) is 18.0. The van der Waals surface area contributed by atoms with Gasteiger partial charge >= 0.3 is 0 Å². The molecule has 0 saturated carbocycles. The largest absolute Gasteiger partial charge is 0.493 e. The first kappa shape index (κ1) is 20.5. The molecule has 31 heavy (non-hydrogen) atoms. The van der Waals surface area contributed by atoms with Crippen molar-refractivity contribution >= 4 is 11.0 Å². The van der Waals surface area contributed by atoms with Crippen molar-refractivity contribution in [3.8, 4) is 28.6 Å². The van der Waals surface area contributed by atoms with Crippen LogP contribution in [0.25, 0.3) is 22.3 Å². The van der Waals surface area contributed by atoms with Crippen LogP contribution in [0.1, 0.15) is 16.7 Å². The van der Waals surface area contributed by atoms with Crippen LogP contribution in [-0.2, 0) is 6.61 Å². The van der Waals surface area contributed by atoms with Crippen molar-refractivity contribution in [1.29, 1.82) is 0 Å². The first-order valence-electron chi connectivity index (χ1n) is 9.99. The smallest absolute Gasteiger partial charge is 0.235 e. The van der Waals surface area contributed by atoms with Crippen LogP contribution in [-0.4, -0.2) is 14.2 Å². The molecule has 1 aromatic heterocycles. The van der Waals surface area contributed by atoms with Gasteiger partial charge in [0.15, 0.2) is 17.3 Å². The lowest BCUT2D eigenvalue weighted by atomic mass is 10.1. The third-order valence-electron chi connectivity index (χ3n) is 5.29. The van der Waals surface area contributed by atoms with Crippen LogP contribution in [0.5, 0.6) is 17.2 Å². The van der Waals surface area contributed by atoms with Crippen molar-refractivity contribution in [1.82, 2.24) is 0 Å². The van der Waals surface area contributed by atoms with Crippen LogP contribution in [0.4, 0.5) is 0 Å². The molecule has 0 saturated heterocycles. The SMILES string of the molecule is COc1ccc(-c2oc3cc(C)ccc3c(=O)c2OCc2ccccc2C)cc1OC. The molecule has 0 aliphatic rings. The van der Waals surface area contributed by atoms with E-state index in [-0.39, 0.29) is 17.8 Å². The predicted octanol–water partition coefficient (Wildman–Crippen LogP) is 5.67. The van der Waals surface area contributed by atoms with Crippen LogP contribution in [0, 0.1) is 13.8 Å². The summed E-state index contributed by atoms with van der Waals surface area (Å²) in [6, 6.07) is 18.8. The topological polar surface area (TPSA) is 57.9 Å². The van der Waals surface area contributed by atoms with Gasteiger partial charge in [-0.05, 0) is 60.9 Å². The monoisotopic (exact) mass is 416 g/mol. The first-order valence-corrected chi connectivity index (χ1v) is 9.99. The standard InChI is InChI=1S/C26H24O5/c1-16-9-11-20-22(13-16)31-25(18-10-12-21(28-3)23(14-18)29-4)26(24(20)27)30-15-19-8-6-5-7-17(19)2/h5-14H,15H2,1-4H3. The Hall–Kier alpha value is -3.73. The van der Waals surface area contributed by atoms with Gasteiger partial charge in [-0.2, -0.15) is 0 Å². The summed E-state index contributed by atoms with van der Waals surface area (Å²) in [6.45, 7) is 4.23. The van der Waals surface area contributed by atoms with E-state index >= 15 is 0 Å². The van der Waals surface area contributed by atoms with E-state index < -0.39 is 0 Å². The lowest BCUT2D eigenvalue weighted by Crippen LogP contribution is -2.11. The number of rotatable bonds is 6.